The number of nitrogens with one attached hydrogen (secondary N) is 1. The van der Waals surface area contributed by atoms with Crippen LogP contribution in [-0.4, -0.2) is 47.6 Å². The fourth-order valence-corrected chi connectivity index (χ4v) is 2.53. The lowest BCUT2D eigenvalue weighted by Crippen LogP contribution is -2.38. The first-order valence-electron chi connectivity index (χ1n) is 7.22. The van der Waals surface area contributed by atoms with Crippen molar-refractivity contribution in [2.45, 2.75) is 52.0 Å². The number of aliphatic carboxylic acids is 1. The molecule has 1 heterocycles. The summed E-state index contributed by atoms with van der Waals surface area (Å²) in [6.45, 7) is 6.28. The molecule has 0 aromatic carbocycles. The van der Waals surface area contributed by atoms with Gasteiger partial charge in [-0.25, -0.2) is 0 Å². The van der Waals surface area contributed by atoms with E-state index in [4.69, 9.17) is 5.11 Å². The van der Waals surface area contributed by atoms with Crippen LogP contribution in [0.4, 0.5) is 0 Å². The van der Waals surface area contributed by atoms with Crippen molar-refractivity contribution >= 4 is 11.9 Å². The molecule has 1 aliphatic rings. The molecule has 0 aromatic heterocycles. The number of carbonyl (C=O) groups is 2. The second-order valence-electron chi connectivity index (χ2n) is 5.56. The number of hydrogen-bond donors (Lipinski definition) is 2. The quantitative estimate of drug-likeness (QED) is 0.735. The Morgan fingerprint density at radius 2 is 1.89 bits per heavy atom. The van der Waals surface area contributed by atoms with Crippen LogP contribution in [0.15, 0.2) is 0 Å². The van der Waals surface area contributed by atoms with Crippen LogP contribution in [0.3, 0.4) is 0 Å². The zero-order valence-electron chi connectivity index (χ0n) is 12.0. The van der Waals surface area contributed by atoms with E-state index in [-0.39, 0.29) is 18.4 Å². The molecule has 0 saturated carbocycles. The van der Waals surface area contributed by atoms with Gasteiger partial charge in [0.05, 0.1) is 6.42 Å². The Labute approximate surface area is 115 Å². The highest BCUT2D eigenvalue weighted by molar-refractivity contribution is 5.77. The minimum atomic E-state index is -0.850. The van der Waals surface area contributed by atoms with Gasteiger partial charge >= 0.3 is 5.97 Å². The summed E-state index contributed by atoms with van der Waals surface area (Å²) < 4.78 is 0. The third-order valence-electron chi connectivity index (χ3n) is 3.74. The summed E-state index contributed by atoms with van der Waals surface area (Å²) in [5.74, 6) is -0.120. The van der Waals surface area contributed by atoms with Crippen LogP contribution in [0, 0.1) is 5.92 Å². The summed E-state index contributed by atoms with van der Waals surface area (Å²) >= 11 is 0. The SMILES string of the molecule is CC(C)N(CCC(=O)O)C(=O)CCC1CCNCC1. The molecule has 19 heavy (non-hydrogen) atoms. The number of hydrogen-bond acceptors (Lipinski definition) is 3. The summed E-state index contributed by atoms with van der Waals surface area (Å²) in [4.78, 5) is 24.5. The van der Waals surface area contributed by atoms with Gasteiger partial charge in [0.2, 0.25) is 5.91 Å². The Bertz CT molecular complexity index is 299. The molecule has 1 aliphatic heterocycles. The molecule has 0 spiro atoms. The fourth-order valence-electron chi connectivity index (χ4n) is 2.53. The van der Waals surface area contributed by atoms with Gasteiger partial charge in [-0.1, -0.05) is 0 Å². The summed E-state index contributed by atoms with van der Waals surface area (Å²) in [5.41, 5.74) is 0. The van der Waals surface area contributed by atoms with E-state index in [0.717, 1.165) is 32.4 Å². The highest BCUT2D eigenvalue weighted by Gasteiger charge is 2.20. The van der Waals surface area contributed by atoms with Crippen molar-refractivity contribution < 1.29 is 14.7 Å². The minimum absolute atomic E-state index is 0.0251. The van der Waals surface area contributed by atoms with Gasteiger partial charge in [-0.15, -0.1) is 0 Å². The van der Waals surface area contributed by atoms with Gasteiger partial charge in [0, 0.05) is 19.0 Å². The topological polar surface area (TPSA) is 69.6 Å². The Balaban J connectivity index is 2.36. The van der Waals surface area contributed by atoms with Crippen molar-refractivity contribution in [3.63, 3.8) is 0 Å². The Hall–Kier alpha value is -1.10. The molecule has 1 fully saturated rings. The van der Waals surface area contributed by atoms with Gasteiger partial charge in [0.15, 0.2) is 0 Å². The van der Waals surface area contributed by atoms with Crippen LogP contribution < -0.4 is 5.32 Å². The molecule has 1 rings (SSSR count). The Morgan fingerprint density at radius 1 is 1.26 bits per heavy atom. The molecular formula is C14H26N2O3. The van der Waals surface area contributed by atoms with Crippen LogP contribution in [-0.2, 0) is 9.59 Å². The van der Waals surface area contributed by atoms with Gasteiger partial charge in [0.25, 0.3) is 0 Å². The second-order valence-corrected chi connectivity index (χ2v) is 5.56. The van der Waals surface area contributed by atoms with Crippen LogP contribution >= 0.6 is 0 Å². The fraction of sp³-hybridized carbons (Fsp3) is 0.857. The Kier molecular flexibility index (Phi) is 6.84. The number of nitrogens with zero attached hydrogens (tertiary/aromatic N) is 1. The molecule has 0 radical (unpaired) electrons. The van der Waals surface area contributed by atoms with Crippen LogP contribution in [0.5, 0.6) is 0 Å². The first-order valence-corrected chi connectivity index (χ1v) is 7.22. The van der Waals surface area contributed by atoms with Crippen LogP contribution in [0.2, 0.25) is 0 Å². The van der Waals surface area contributed by atoms with E-state index in [1.54, 1.807) is 4.90 Å². The molecular weight excluding hydrogens is 244 g/mol. The number of carboxylic acid groups (broad SMARTS) is 1. The standard InChI is InChI=1S/C14H26N2O3/c1-11(2)16(10-7-14(18)19)13(17)4-3-12-5-8-15-9-6-12/h11-12,15H,3-10H2,1-2H3,(H,18,19). The monoisotopic (exact) mass is 270 g/mol. The maximum atomic E-state index is 12.2. The van der Waals surface area contributed by atoms with Gasteiger partial charge < -0.3 is 15.3 Å². The first-order chi connectivity index (χ1) is 9.00. The predicted octanol–water partition coefficient (Wildman–Crippen LogP) is 1.48. The van der Waals surface area contributed by atoms with E-state index in [2.05, 4.69) is 5.32 Å². The lowest BCUT2D eigenvalue weighted by atomic mass is 9.93. The number of piperidine rings is 1. The van der Waals surface area contributed by atoms with E-state index in [1.165, 1.54) is 0 Å². The molecule has 0 unspecified atom stereocenters. The molecule has 5 nitrogen and oxygen atoms in total. The highest BCUT2D eigenvalue weighted by atomic mass is 16.4. The smallest absolute Gasteiger partial charge is 0.305 e. The Morgan fingerprint density at radius 3 is 2.42 bits per heavy atom. The maximum Gasteiger partial charge on any atom is 0.305 e. The van der Waals surface area contributed by atoms with Crippen molar-refractivity contribution in [1.82, 2.24) is 10.2 Å². The second kappa shape index (κ2) is 8.15. The van der Waals surface area contributed by atoms with Crippen LogP contribution in [0.1, 0.15) is 46.0 Å². The van der Waals surface area contributed by atoms with E-state index in [1.807, 2.05) is 13.8 Å². The highest BCUT2D eigenvalue weighted by Crippen LogP contribution is 2.18. The molecule has 0 atom stereocenters. The van der Waals surface area contributed by atoms with Crippen molar-refractivity contribution in [1.29, 1.82) is 0 Å². The number of rotatable bonds is 7. The van der Waals surface area contributed by atoms with E-state index >= 15 is 0 Å². The van der Waals surface area contributed by atoms with E-state index in [9.17, 15) is 9.59 Å². The van der Waals surface area contributed by atoms with Crippen molar-refractivity contribution in [3.05, 3.63) is 0 Å². The zero-order valence-corrected chi connectivity index (χ0v) is 12.0. The number of amides is 1. The summed E-state index contributed by atoms with van der Waals surface area (Å²) in [5, 5.41) is 12.0. The average Bonchev–Trinajstić information content (AvgIpc) is 2.37. The predicted molar refractivity (Wildman–Crippen MR) is 73.9 cm³/mol. The molecule has 1 saturated heterocycles. The van der Waals surface area contributed by atoms with Crippen molar-refractivity contribution in [2.24, 2.45) is 5.92 Å². The molecule has 110 valence electrons. The van der Waals surface area contributed by atoms with Gasteiger partial charge in [-0.3, -0.25) is 9.59 Å². The summed E-state index contributed by atoms with van der Waals surface area (Å²) in [6, 6.07) is 0.0693. The maximum absolute atomic E-state index is 12.2. The molecule has 2 N–H and O–H groups in total. The lowest BCUT2D eigenvalue weighted by Gasteiger charge is -2.28. The first kappa shape index (κ1) is 16.0. The van der Waals surface area contributed by atoms with Crippen molar-refractivity contribution in [2.75, 3.05) is 19.6 Å². The third-order valence-corrected chi connectivity index (χ3v) is 3.74. The molecule has 1 amide bonds. The van der Waals surface area contributed by atoms with Crippen LogP contribution in [0.25, 0.3) is 0 Å². The number of carboxylic acids is 1. The largest absolute Gasteiger partial charge is 0.481 e. The van der Waals surface area contributed by atoms with Gasteiger partial charge in [-0.05, 0) is 52.1 Å². The summed E-state index contributed by atoms with van der Waals surface area (Å²) in [7, 11) is 0. The number of carbonyl (C=O) groups excluding carboxylic acids is 1. The minimum Gasteiger partial charge on any atom is -0.481 e. The lowest BCUT2D eigenvalue weighted by molar-refractivity contribution is -0.139. The molecule has 0 aliphatic carbocycles. The van der Waals surface area contributed by atoms with E-state index in [0.29, 0.717) is 18.9 Å². The van der Waals surface area contributed by atoms with E-state index < -0.39 is 5.97 Å². The van der Waals surface area contributed by atoms with Crippen molar-refractivity contribution in [3.8, 4) is 0 Å². The average molecular weight is 270 g/mol. The third kappa shape index (κ3) is 6.05. The zero-order chi connectivity index (χ0) is 14.3. The molecule has 0 bridgehead atoms. The van der Waals surface area contributed by atoms with Gasteiger partial charge in [0.1, 0.15) is 0 Å². The molecule has 0 aromatic rings. The summed E-state index contributed by atoms with van der Waals surface area (Å²) in [6.07, 6.45) is 3.78. The normalized spacial score (nSPS) is 16.6. The van der Waals surface area contributed by atoms with Gasteiger partial charge in [-0.2, -0.15) is 0 Å². The molecule has 5 heteroatoms.